The van der Waals surface area contributed by atoms with Crippen LogP contribution in [-0.2, 0) is 0 Å². The number of rotatable bonds is 2. The van der Waals surface area contributed by atoms with Gasteiger partial charge in [0.15, 0.2) is 0 Å². The Morgan fingerprint density at radius 1 is 1.05 bits per heavy atom. The third kappa shape index (κ3) is 2.57. The van der Waals surface area contributed by atoms with Crippen LogP contribution in [0.3, 0.4) is 0 Å². The molecule has 3 rings (SSSR count). The van der Waals surface area contributed by atoms with E-state index in [-0.39, 0.29) is 5.82 Å². The van der Waals surface area contributed by atoms with E-state index in [1.165, 1.54) is 36.0 Å². The minimum absolute atomic E-state index is 0.355. The lowest BCUT2D eigenvalue weighted by Crippen LogP contribution is -1.97. The molecule has 20 heavy (non-hydrogen) atoms. The first kappa shape index (κ1) is 13.2. The Morgan fingerprint density at radius 2 is 1.85 bits per heavy atom. The summed E-state index contributed by atoms with van der Waals surface area (Å²) >= 11 is 7.41. The Bertz CT molecular complexity index is 845. The Balaban J connectivity index is 2.18. The normalized spacial score (nSPS) is 10.9. The van der Waals surface area contributed by atoms with Crippen molar-refractivity contribution in [1.29, 1.82) is 0 Å². The molecule has 0 fully saturated rings. The maximum Gasteiger partial charge on any atom is 0.337 e. The molecular formula is C15H8ClFO2S. The molecule has 0 aliphatic carbocycles. The van der Waals surface area contributed by atoms with Crippen molar-refractivity contribution in [2.75, 3.05) is 0 Å². The fourth-order valence-electron chi connectivity index (χ4n) is 1.84. The summed E-state index contributed by atoms with van der Waals surface area (Å²) in [7, 11) is 0. The SMILES string of the molecule is O=c1cc(Sc2ccccc2Cl)c2cc(F)ccc2o1. The van der Waals surface area contributed by atoms with E-state index in [0.29, 0.717) is 20.9 Å². The number of halogens is 2. The number of fused-ring (bicyclic) bond motifs is 1. The molecule has 1 aromatic heterocycles. The van der Waals surface area contributed by atoms with Gasteiger partial charge in [0.05, 0.1) is 5.02 Å². The lowest BCUT2D eigenvalue weighted by atomic mass is 10.2. The average Bonchev–Trinajstić information content (AvgIpc) is 2.42. The van der Waals surface area contributed by atoms with Gasteiger partial charge in [-0.2, -0.15) is 0 Å². The van der Waals surface area contributed by atoms with Gasteiger partial charge in [-0.1, -0.05) is 35.5 Å². The van der Waals surface area contributed by atoms with Crippen molar-refractivity contribution in [3.05, 3.63) is 69.8 Å². The van der Waals surface area contributed by atoms with E-state index in [1.54, 1.807) is 6.07 Å². The second-order valence-corrected chi connectivity index (χ2v) is 5.59. The highest BCUT2D eigenvalue weighted by Crippen LogP contribution is 2.36. The molecule has 0 saturated carbocycles. The van der Waals surface area contributed by atoms with Crippen molar-refractivity contribution < 1.29 is 8.81 Å². The third-order valence-electron chi connectivity index (χ3n) is 2.72. The summed E-state index contributed by atoms with van der Waals surface area (Å²) in [4.78, 5) is 13.0. The van der Waals surface area contributed by atoms with Crippen LogP contribution >= 0.6 is 23.4 Å². The molecule has 0 bridgehead atoms. The maximum atomic E-state index is 13.4. The summed E-state index contributed by atoms with van der Waals surface area (Å²) < 4.78 is 18.4. The summed E-state index contributed by atoms with van der Waals surface area (Å²) in [5.41, 5.74) is -0.118. The molecule has 0 N–H and O–H groups in total. The number of hydrogen-bond donors (Lipinski definition) is 0. The molecule has 3 aromatic rings. The molecule has 0 spiro atoms. The van der Waals surface area contributed by atoms with Gasteiger partial charge in [0, 0.05) is 21.2 Å². The average molecular weight is 307 g/mol. The third-order valence-corrected chi connectivity index (χ3v) is 4.30. The Morgan fingerprint density at radius 3 is 2.65 bits per heavy atom. The van der Waals surface area contributed by atoms with Gasteiger partial charge in [-0.25, -0.2) is 9.18 Å². The topological polar surface area (TPSA) is 30.2 Å². The molecule has 0 aliphatic rings. The van der Waals surface area contributed by atoms with Gasteiger partial charge in [-0.3, -0.25) is 0 Å². The summed E-state index contributed by atoms with van der Waals surface area (Å²) in [5.74, 6) is -0.382. The predicted octanol–water partition coefficient (Wildman–Crippen LogP) is 4.74. The summed E-state index contributed by atoms with van der Waals surface area (Å²) in [6, 6.07) is 12.7. The van der Waals surface area contributed by atoms with Crippen LogP contribution in [0.1, 0.15) is 0 Å². The minimum atomic E-state index is -0.473. The Labute approximate surface area is 123 Å². The van der Waals surface area contributed by atoms with E-state index >= 15 is 0 Å². The van der Waals surface area contributed by atoms with Crippen molar-refractivity contribution in [1.82, 2.24) is 0 Å². The molecule has 100 valence electrons. The molecule has 1 heterocycles. The lowest BCUT2D eigenvalue weighted by molar-refractivity contribution is 0.555. The van der Waals surface area contributed by atoms with E-state index < -0.39 is 5.63 Å². The van der Waals surface area contributed by atoms with E-state index in [2.05, 4.69) is 0 Å². The fourth-order valence-corrected chi connectivity index (χ4v) is 3.06. The van der Waals surface area contributed by atoms with Crippen LogP contribution < -0.4 is 5.63 Å². The molecule has 0 unspecified atom stereocenters. The molecule has 0 radical (unpaired) electrons. The highest BCUT2D eigenvalue weighted by Gasteiger charge is 2.10. The van der Waals surface area contributed by atoms with Crippen LogP contribution in [0.2, 0.25) is 5.02 Å². The lowest BCUT2D eigenvalue weighted by Gasteiger charge is -2.06. The molecule has 5 heteroatoms. The van der Waals surface area contributed by atoms with Gasteiger partial charge in [0.1, 0.15) is 11.4 Å². The quantitative estimate of drug-likeness (QED) is 0.641. The highest BCUT2D eigenvalue weighted by molar-refractivity contribution is 7.99. The van der Waals surface area contributed by atoms with E-state index in [9.17, 15) is 9.18 Å². The van der Waals surface area contributed by atoms with Crippen LogP contribution in [0.15, 0.2) is 67.5 Å². The van der Waals surface area contributed by atoms with Gasteiger partial charge in [-0.05, 0) is 30.3 Å². The van der Waals surface area contributed by atoms with Crippen LogP contribution in [0, 0.1) is 5.82 Å². The minimum Gasteiger partial charge on any atom is -0.423 e. The molecular weight excluding hydrogens is 299 g/mol. The molecule has 0 atom stereocenters. The first-order valence-electron chi connectivity index (χ1n) is 5.79. The van der Waals surface area contributed by atoms with Crippen molar-refractivity contribution in [3.63, 3.8) is 0 Å². The maximum absolute atomic E-state index is 13.4. The van der Waals surface area contributed by atoms with E-state index in [4.69, 9.17) is 16.0 Å². The van der Waals surface area contributed by atoms with E-state index in [0.717, 1.165) is 4.90 Å². The van der Waals surface area contributed by atoms with Crippen molar-refractivity contribution in [3.8, 4) is 0 Å². The summed E-state index contributed by atoms with van der Waals surface area (Å²) in [6.07, 6.45) is 0. The first-order chi connectivity index (χ1) is 9.63. The summed E-state index contributed by atoms with van der Waals surface area (Å²) in [6.45, 7) is 0. The standard InChI is InChI=1S/C15H8ClFO2S/c16-11-3-1-2-4-13(11)20-14-8-15(18)19-12-6-5-9(17)7-10(12)14/h1-8H. The Hall–Kier alpha value is -1.78. The van der Waals surface area contributed by atoms with Crippen LogP contribution in [0.4, 0.5) is 4.39 Å². The molecule has 0 saturated heterocycles. The zero-order valence-corrected chi connectivity index (χ0v) is 11.7. The first-order valence-corrected chi connectivity index (χ1v) is 6.99. The molecule has 0 aliphatic heterocycles. The predicted molar refractivity (Wildman–Crippen MR) is 78.0 cm³/mol. The van der Waals surface area contributed by atoms with Crippen molar-refractivity contribution >= 4 is 34.3 Å². The molecule has 2 nitrogen and oxygen atoms in total. The number of hydrogen-bond acceptors (Lipinski definition) is 3. The van der Waals surface area contributed by atoms with Crippen LogP contribution in [0.25, 0.3) is 11.0 Å². The van der Waals surface area contributed by atoms with Gasteiger partial charge in [0.2, 0.25) is 0 Å². The van der Waals surface area contributed by atoms with Gasteiger partial charge in [-0.15, -0.1) is 0 Å². The van der Waals surface area contributed by atoms with E-state index in [1.807, 2.05) is 18.2 Å². The zero-order valence-electron chi connectivity index (χ0n) is 10.1. The highest BCUT2D eigenvalue weighted by atomic mass is 35.5. The monoisotopic (exact) mass is 306 g/mol. The molecule has 0 amide bonds. The molecule has 2 aromatic carbocycles. The van der Waals surface area contributed by atoms with Gasteiger partial charge >= 0.3 is 5.63 Å². The zero-order chi connectivity index (χ0) is 14.1. The Kier molecular flexibility index (Phi) is 3.51. The van der Waals surface area contributed by atoms with Crippen molar-refractivity contribution in [2.24, 2.45) is 0 Å². The van der Waals surface area contributed by atoms with Gasteiger partial charge < -0.3 is 4.42 Å². The smallest absolute Gasteiger partial charge is 0.337 e. The second kappa shape index (κ2) is 5.31. The van der Waals surface area contributed by atoms with Crippen LogP contribution in [-0.4, -0.2) is 0 Å². The van der Waals surface area contributed by atoms with Crippen molar-refractivity contribution in [2.45, 2.75) is 9.79 Å². The fraction of sp³-hybridized carbons (Fsp3) is 0. The summed E-state index contributed by atoms with van der Waals surface area (Å²) in [5, 5.41) is 1.13. The van der Waals surface area contributed by atoms with Crippen LogP contribution in [0.5, 0.6) is 0 Å². The van der Waals surface area contributed by atoms with Gasteiger partial charge in [0.25, 0.3) is 0 Å². The largest absolute Gasteiger partial charge is 0.423 e. The number of benzene rings is 2. The second-order valence-electron chi connectivity index (χ2n) is 4.10.